The Bertz CT molecular complexity index is 2900. The topological polar surface area (TPSA) is 46.8 Å². The quantitative estimate of drug-likeness (QED) is 0.157. The number of hydrogen-bond acceptors (Lipinski definition) is 4. The molecule has 10 aromatic rings. The molecule has 8 aromatic carbocycles. The predicted molar refractivity (Wildman–Crippen MR) is 231 cm³/mol. The van der Waals surface area contributed by atoms with Gasteiger partial charge < -0.3 is 4.90 Å². The summed E-state index contributed by atoms with van der Waals surface area (Å²) >= 11 is 0. The lowest BCUT2D eigenvalue weighted by molar-refractivity contribution is 0.953. The molecule has 0 N–H and O–H groups in total. The second kappa shape index (κ2) is 14.3. The molecule has 0 atom stereocenters. The second-order valence-corrected chi connectivity index (χ2v) is 13.7. The molecule has 264 valence electrons. The van der Waals surface area contributed by atoms with Crippen molar-refractivity contribution in [2.75, 3.05) is 4.90 Å². The smallest absolute Gasteiger partial charge is 0.238 e. The summed E-state index contributed by atoms with van der Waals surface area (Å²) in [6.45, 7) is 0. The van der Waals surface area contributed by atoms with Crippen LogP contribution in [0.3, 0.4) is 0 Å². The highest BCUT2D eigenvalue weighted by Gasteiger charge is 2.19. The Morgan fingerprint density at radius 3 is 1.41 bits per heavy atom. The fraction of sp³-hybridized carbons (Fsp3) is 0. The average Bonchev–Trinajstić information content (AvgIpc) is 3.62. The van der Waals surface area contributed by atoms with Gasteiger partial charge in [0.1, 0.15) is 0 Å². The summed E-state index contributed by atoms with van der Waals surface area (Å²) in [6.07, 6.45) is 0. The van der Waals surface area contributed by atoms with Gasteiger partial charge in [0.05, 0.1) is 11.0 Å². The summed E-state index contributed by atoms with van der Waals surface area (Å²) in [5.74, 6) is 1.81. The zero-order valence-electron chi connectivity index (χ0n) is 30.4. The van der Waals surface area contributed by atoms with Crippen LogP contribution in [-0.2, 0) is 0 Å². The minimum Gasteiger partial charge on any atom is -0.310 e. The number of nitrogens with zero attached hydrogens (tertiary/aromatic N) is 5. The minimum atomic E-state index is 0.575. The Morgan fingerprint density at radius 2 is 0.750 bits per heavy atom. The summed E-state index contributed by atoms with van der Waals surface area (Å²) < 4.78 is 2.17. The van der Waals surface area contributed by atoms with Gasteiger partial charge in [0.25, 0.3) is 0 Å². The Balaban J connectivity index is 1.07. The third-order valence-electron chi connectivity index (χ3n) is 10.2. The van der Waals surface area contributed by atoms with E-state index >= 15 is 0 Å². The number of para-hydroxylation sites is 3. The van der Waals surface area contributed by atoms with Crippen LogP contribution in [0.1, 0.15) is 0 Å². The van der Waals surface area contributed by atoms with E-state index in [1.54, 1.807) is 0 Å². The summed E-state index contributed by atoms with van der Waals surface area (Å²) in [6, 6.07) is 73.9. The second-order valence-electron chi connectivity index (χ2n) is 13.7. The third-order valence-corrected chi connectivity index (χ3v) is 10.2. The van der Waals surface area contributed by atoms with Crippen LogP contribution in [0, 0.1) is 0 Å². The van der Waals surface area contributed by atoms with Crippen molar-refractivity contribution in [1.82, 2.24) is 19.5 Å². The van der Waals surface area contributed by atoms with E-state index in [2.05, 4.69) is 173 Å². The van der Waals surface area contributed by atoms with Crippen molar-refractivity contribution in [2.45, 2.75) is 0 Å². The molecule has 56 heavy (non-hydrogen) atoms. The van der Waals surface area contributed by atoms with Gasteiger partial charge in [-0.2, -0.15) is 9.97 Å². The van der Waals surface area contributed by atoms with E-state index in [-0.39, 0.29) is 0 Å². The standard InChI is InChI=1S/C51H35N5/c1-5-16-36(17-6-1)41-32-33-48-46(35-41)45-26-13-14-27-47(45)56(48)51-53-49(38-18-7-2-8-19-38)52-50(54-51)39-30-28-37(29-31-39)40-20-15-25-44(34-40)55(42-21-9-3-10-22-42)43-23-11-4-12-24-43/h1-35H. The molecule has 0 amide bonds. The van der Waals surface area contributed by atoms with Crippen LogP contribution in [0.2, 0.25) is 0 Å². The lowest BCUT2D eigenvalue weighted by atomic mass is 10.0. The van der Waals surface area contributed by atoms with Gasteiger partial charge in [-0.3, -0.25) is 4.57 Å². The highest BCUT2D eigenvalue weighted by molar-refractivity contribution is 6.10. The molecule has 5 nitrogen and oxygen atoms in total. The van der Waals surface area contributed by atoms with Gasteiger partial charge in [-0.15, -0.1) is 0 Å². The first-order valence-corrected chi connectivity index (χ1v) is 18.8. The summed E-state index contributed by atoms with van der Waals surface area (Å²) in [5.41, 5.74) is 11.8. The third kappa shape index (κ3) is 6.17. The van der Waals surface area contributed by atoms with Crippen LogP contribution in [0.5, 0.6) is 0 Å². The monoisotopic (exact) mass is 717 g/mol. The molecule has 0 saturated heterocycles. The van der Waals surface area contributed by atoms with Gasteiger partial charge in [0, 0.05) is 39.0 Å². The van der Waals surface area contributed by atoms with Crippen LogP contribution < -0.4 is 4.90 Å². The maximum atomic E-state index is 5.19. The highest BCUT2D eigenvalue weighted by atomic mass is 15.2. The van der Waals surface area contributed by atoms with Crippen molar-refractivity contribution < 1.29 is 0 Å². The van der Waals surface area contributed by atoms with Crippen LogP contribution >= 0.6 is 0 Å². The van der Waals surface area contributed by atoms with E-state index in [4.69, 9.17) is 15.0 Å². The lowest BCUT2D eigenvalue weighted by Crippen LogP contribution is -2.09. The predicted octanol–water partition coefficient (Wildman–Crippen LogP) is 13.1. The molecule has 10 rings (SSSR count). The Hall–Kier alpha value is -7.63. The van der Waals surface area contributed by atoms with Crippen LogP contribution in [0.15, 0.2) is 212 Å². The number of rotatable bonds is 8. The average molecular weight is 718 g/mol. The molecule has 0 spiro atoms. The maximum Gasteiger partial charge on any atom is 0.238 e. The van der Waals surface area contributed by atoms with E-state index in [0.29, 0.717) is 17.6 Å². The molecule has 0 unspecified atom stereocenters. The number of hydrogen-bond donors (Lipinski definition) is 0. The molecule has 0 saturated carbocycles. The molecule has 5 heteroatoms. The van der Waals surface area contributed by atoms with Crippen molar-refractivity contribution in [3.63, 3.8) is 0 Å². The molecule has 0 aliphatic carbocycles. The molecule has 2 aromatic heterocycles. The molecular weight excluding hydrogens is 683 g/mol. The number of benzene rings is 8. The van der Waals surface area contributed by atoms with Gasteiger partial charge in [0.15, 0.2) is 11.6 Å². The van der Waals surface area contributed by atoms with E-state index in [1.807, 2.05) is 48.5 Å². The summed E-state index contributed by atoms with van der Waals surface area (Å²) in [7, 11) is 0. The fourth-order valence-electron chi connectivity index (χ4n) is 7.55. The summed E-state index contributed by atoms with van der Waals surface area (Å²) in [5, 5.41) is 2.29. The van der Waals surface area contributed by atoms with Gasteiger partial charge in [-0.05, 0) is 76.9 Å². The molecule has 0 fully saturated rings. The van der Waals surface area contributed by atoms with Gasteiger partial charge in [-0.1, -0.05) is 158 Å². The van der Waals surface area contributed by atoms with Crippen LogP contribution in [-0.4, -0.2) is 19.5 Å². The number of anilines is 3. The van der Waals surface area contributed by atoms with Crippen LogP contribution in [0.25, 0.3) is 72.8 Å². The van der Waals surface area contributed by atoms with E-state index in [1.165, 1.54) is 11.1 Å². The van der Waals surface area contributed by atoms with Gasteiger partial charge in [-0.25, -0.2) is 4.98 Å². The normalized spacial score (nSPS) is 11.2. The molecular formula is C51H35N5. The lowest BCUT2D eigenvalue weighted by Gasteiger charge is -2.25. The first-order valence-electron chi connectivity index (χ1n) is 18.8. The SMILES string of the molecule is c1ccc(-c2ccc3c(c2)c2ccccc2n3-c2nc(-c3ccccc3)nc(-c3ccc(-c4cccc(N(c5ccccc5)c5ccccc5)c4)cc3)n2)cc1. The Kier molecular flexibility index (Phi) is 8.43. The van der Waals surface area contributed by atoms with Crippen molar-refractivity contribution >= 4 is 38.9 Å². The van der Waals surface area contributed by atoms with Crippen molar-refractivity contribution in [2.24, 2.45) is 0 Å². The fourth-order valence-corrected chi connectivity index (χ4v) is 7.55. The first-order chi connectivity index (χ1) is 27.8. The number of aromatic nitrogens is 4. The molecule has 0 aliphatic rings. The zero-order chi connectivity index (χ0) is 37.3. The minimum absolute atomic E-state index is 0.575. The maximum absolute atomic E-state index is 5.19. The van der Waals surface area contributed by atoms with Crippen LogP contribution in [0.4, 0.5) is 17.1 Å². The van der Waals surface area contributed by atoms with E-state index in [0.717, 1.165) is 61.1 Å². The summed E-state index contributed by atoms with van der Waals surface area (Å²) in [4.78, 5) is 17.7. The number of fused-ring (bicyclic) bond motifs is 3. The van der Waals surface area contributed by atoms with Gasteiger partial charge >= 0.3 is 0 Å². The van der Waals surface area contributed by atoms with Crippen molar-refractivity contribution in [3.05, 3.63) is 212 Å². The van der Waals surface area contributed by atoms with E-state index in [9.17, 15) is 0 Å². The molecule has 0 radical (unpaired) electrons. The molecule has 0 aliphatic heterocycles. The Labute approximate surface area is 325 Å². The van der Waals surface area contributed by atoms with Crippen molar-refractivity contribution in [3.8, 4) is 51.0 Å². The largest absolute Gasteiger partial charge is 0.310 e. The molecule has 2 heterocycles. The highest BCUT2D eigenvalue weighted by Crippen LogP contribution is 2.38. The first kappa shape index (κ1) is 33.0. The van der Waals surface area contributed by atoms with E-state index < -0.39 is 0 Å². The van der Waals surface area contributed by atoms with Gasteiger partial charge in [0.2, 0.25) is 5.95 Å². The molecule has 0 bridgehead atoms. The zero-order valence-corrected chi connectivity index (χ0v) is 30.4. The Morgan fingerprint density at radius 1 is 0.304 bits per heavy atom. The van der Waals surface area contributed by atoms with Crippen molar-refractivity contribution in [1.29, 1.82) is 0 Å².